The molecule has 5 heteroatoms. The van der Waals surface area contributed by atoms with Gasteiger partial charge >= 0.3 is 0 Å². The molecule has 0 bridgehead atoms. The number of benzene rings is 1. The molecule has 1 aromatic rings. The summed E-state index contributed by atoms with van der Waals surface area (Å²) >= 11 is 0. The van der Waals surface area contributed by atoms with Crippen molar-refractivity contribution in [2.24, 2.45) is 5.92 Å². The summed E-state index contributed by atoms with van der Waals surface area (Å²) in [6.45, 7) is 7.80. The second-order valence-electron chi connectivity index (χ2n) is 8.32. The van der Waals surface area contributed by atoms with Crippen molar-refractivity contribution >= 4 is 11.8 Å². The first-order valence-electron chi connectivity index (χ1n) is 10.4. The molecule has 0 atom stereocenters. The molecule has 1 aromatic carbocycles. The number of hydrogen-bond donors (Lipinski definition) is 1. The summed E-state index contributed by atoms with van der Waals surface area (Å²) in [6.07, 6.45) is 5.54. The minimum Gasteiger partial charge on any atom is -0.352 e. The van der Waals surface area contributed by atoms with Crippen molar-refractivity contribution in [1.82, 2.24) is 15.1 Å². The van der Waals surface area contributed by atoms with Gasteiger partial charge in [-0.2, -0.15) is 0 Å². The van der Waals surface area contributed by atoms with Crippen LogP contribution in [0.25, 0.3) is 0 Å². The van der Waals surface area contributed by atoms with Gasteiger partial charge in [0.25, 0.3) is 5.91 Å². The number of nitrogens with one attached hydrogen (secondary N) is 1. The molecule has 0 spiro atoms. The average molecular weight is 372 g/mol. The van der Waals surface area contributed by atoms with E-state index in [1.165, 1.54) is 12.8 Å². The van der Waals surface area contributed by atoms with Crippen molar-refractivity contribution in [3.05, 3.63) is 35.4 Å². The van der Waals surface area contributed by atoms with E-state index in [0.717, 1.165) is 55.9 Å². The zero-order valence-electron chi connectivity index (χ0n) is 16.7. The fourth-order valence-electron chi connectivity index (χ4n) is 4.17. The van der Waals surface area contributed by atoms with Crippen LogP contribution in [0.15, 0.2) is 24.3 Å². The Kier molecular flexibility index (Phi) is 6.89. The number of carbonyl (C=O) groups is 2. The summed E-state index contributed by atoms with van der Waals surface area (Å²) in [4.78, 5) is 29.3. The Hall–Kier alpha value is -1.88. The van der Waals surface area contributed by atoms with E-state index in [2.05, 4.69) is 17.1 Å². The standard InChI is InChI=1S/C22H33N3O2/c1-17-7-9-20(10-8-17)23-21(26)16-24-11-4-12-25(14-13-24)22(27)19-6-3-5-18(2)15-19/h3,5-6,15,17,20H,4,7-14,16H2,1-2H3,(H,23,26). The highest BCUT2D eigenvalue weighted by atomic mass is 16.2. The number of rotatable bonds is 4. The third-order valence-corrected chi connectivity index (χ3v) is 5.89. The van der Waals surface area contributed by atoms with Crippen LogP contribution in [0.4, 0.5) is 0 Å². The highest BCUT2D eigenvalue weighted by Crippen LogP contribution is 2.23. The van der Waals surface area contributed by atoms with Crippen LogP contribution in [-0.4, -0.2) is 60.4 Å². The minimum atomic E-state index is 0.0985. The van der Waals surface area contributed by atoms with Gasteiger partial charge in [-0.1, -0.05) is 24.6 Å². The van der Waals surface area contributed by atoms with Gasteiger partial charge < -0.3 is 10.2 Å². The summed E-state index contributed by atoms with van der Waals surface area (Å²) in [5.74, 6) is 1.02. The van der Waals surface area contributed by atoms with E-state index >= 15 is 0 Å². The molecule has 148 valence electrons. The Bertz CT molecular complexity index is 653. The largest absolute Gasteiger partial charge is 0.352 e. The highest BCUT2D eigenvalue weighted by molar-refractivity contribution is 5.94. The molecule has 0 unspecified atom stereocenters. The van der Waals surface area contributed by atoms with E-state index in [9.17, 15) is 9.59 Å². The van der Waals surface area contributed by atoms with Crippen LogP contribution in [0, 0.1) is 12.8 Å². The summed E-state index contributed by atoms with van der Waals surface area (Å²) < 4.78 is 0. The predicted molar refractivity (Wildman–Crippen MR) is 108 cm³/mol. The maximum atomic E-state index is 12.8. The van der Waals surface area contributed by atoms with E-state index < -0.39 is 0 Å². The number of nitrogens with zero attached hydrogens (tertiary/aromatic N) is 2. The maximum absolute atomic E-state index is 12.8. The number of aryl methyl sites for hydroxylation is 1. The number of hydrogen-bond acceptors (Lipinski definition) is 3. The topological polar surface area (TPSA) is 52.7 Å². The zero-order valence-corrected chi connectivity index (χ0v) is 16.7. The van der Waals surface area contributed by atoms with Crippen LogP contribution in [-0.2, 0) is 4.79 Å². The van der Waals surface area contributed by atoms with Gasteiger partial charge in [-0.3, -0.25) is 14.5 Å². The molecule has 2 fully saturated rings. The molecule has 3 rings (SSSR count). The van der Waals surface area contributed by atoms with E-state index in [1.807, 2.05) is 36.1 Å². The molecule has 5 nitrogen and oxygen atoms in total. The molecule has 1 aliphatic heterocycles. The van der Waals surface area contributed by atoms with Gasteiger partial charge in [-0.15, -0.1) is 0 Å². The fraction of sp³-hybridized carbons (Fsp3) is 0.636. The summed E-state index contributed by atoms with van der Waals surface area (Å²) in [6, 6.07) is 8.12. The van der Waals surface area contributed by atoms with Crippen LogP contribution in [0.5, 0.6) is 0 Å². The molecule has 2 amide bonds. The molecule has 1 saturated heterocycles. The van der Waals surface area contributed by atoms with Crippen LogP contribution in [0.3, 0.4) is 0 Å². The normalized spacial score (nSPS) is 24.3. The minimum absolute atomic E-state index is 0.0985. The van der Waals surface area contributed by atoms with Crippen LogP contribution >= 0.6 is 0 Å². The van der Waals surface area contributed by atoms with Crippen molar-refractivity contribution in [1.29, 1.82) is 0 Å². The number of amides is 2. The number of carbonyl (C=O) groups excluding carboxylic acids is 2. The molecule has 1 aliphatic carbocycles. The second kappa shape index (κ2) is 9.36. The Labute approximate surface area is 163 Å². The Morgan fingerprint density at radius 2 is 1.85 bits per heavy atom. The van der Waals surface area contributed by atoms with Gasteiger partial charge in [0.05, 0.1) is 6.54 Å². The smallest absolute Gasteiger partial charge is 0.253 e. The van der Waals surface area contributed by atoms with Gasteiger partial charge in [0.2, 0.25) is 5.91 Å². The zero-order chi connectivity index (χ0) is 19.2. The molecule has 2 aliphatic rings. The van der Waals surface area contributed by atoms with E-state index in [1.54, 1.807) is 0 Å². The third-order valence-electron chi connectivity index (χ3n) is 5.89. The van der Waals surface area contributed by atoms with Crippen molar-refractivity contribution in [2.45, 2.75) is 52.0 Å². The Balaban J connectivity index is 1.46. The van der Waals surface area contributed by atoms with Crippen LogP contribution in [0.1, 0.15) is 54.9 Å². The van der Waals surface area contributed by atoms with Crippen molar-refractivity contribution in [3.63, 3.8) is 0 Å². The van der Waals surface area contributed by atoms with E-state index in [4.69, 9.17) is 0 Å². The van der Waals surface area contributed by atoms with Gasteiger partial charge in [0.1, 0.15) is 0 Å². The van der Waals surface area contributed by atoms with Crippen molar-refractivity contribution in [3.8, 4) is 0 Å². The highest BCUT2D eigenvalue weighted by Gasteiger charge is 2.23. The molecular weight excluding hydrogens is 338 g/mol. The van der Waals surface area contributed by atoms with Gasteiger partial charge in [0.15, 0.2) is 0 Å². The van der Waals surface area contributed by atoms with Crippen LogP contribution < -0.4 is 5.32 Å². The van der Waals surface area contributed by atoms with Gasteiger partial charge in [-0.25, -0.2) is 0 Å². The maximum Gasteiger partial charge on any atom is 0.253 e. The monoisotopic (exact) mass is 371 g/mol. The molecule has 0 radical (unpaired) electrons. The molecule has 0 aromatic heterocycles. The lowest BCUT2D eigenvalue weighted by Gasteiger charge is -2.28. The Morgan fingerprint density at radius 3 is 2.59 bits per heavy atom. The average Bonchev–Trinajstić information content (AvgIpc) is 2.88. The SMILES string of the molecule is Cc1cccc(C(=O)N2CCCN(CC(=O)NC3CCC(C)CC3)CC2)c1. The van der Waals surface area contributed by atoms with Crippen LogP contribution in [0.2, 0.25) is 0 Å². The van der Waals surface area contributed by atoms with Crippen molar-refractivity contribution < 1.29 is 9.59 Å². The molecule has 1 heterocycles. The fourth-order valence-corrected chi connectivity index (χ4v) is 4.17. The van der Waals surface area contributed by atoms with E-state index in [-0.39, 0.29) is 11.8 Å². The third kappa shape index (κ3) is 5.80. The molecule has 1 saturated carbocycles. The first-order valence-corrected chi connectivity index (χ1v) is 10.4. The second-order valence-corrected chi connectivity index (χ2v) is 8.32. The molecular formula is C22H33N3O2. The Morgan fingerprint density at radius 1 is 1.07 bits per heavy atom. The molecule has 27 heavy (non-hydrogen) atoms. The summed E-state index contributed by atoms with van der Waals surface area (Å²) in [7, 11) is 0. The first kappa shape index (κ1) is 19.9. The van der Waals surface area contributed by atoms with Gasteiger partial charge in [-0.05, 0) is 57.1 Å². The summed E-state index contributed by atoms with van der Waals surface area (Å²) in [5.41, 5.74) is 1.86. The summed E-state index contributed by atoms with van der Waals surface area (Å²) in [5, 5.41) is 3.21. The van der Waals surface area contributed by atoms with E-state index in [0.29, 0.717) is 19.1 Å². The lowest BCUT2D eigenvalue weighted by Crippen LogP contribution is -2.44. The quantitative estimate of drug-likeness (QED) is 0.885. The van der Waals surface area contributed by atoms with Crippen molar-refractivity contribution in [2.75, 3.05) is 32.7 Å². The lowest BCUT2D eigenvalue weighted by molar-refractivity contribution is -0.123. The predicted octanol–water partition coefficient (Wildman–Crippen LogP) is 2.84. The lowest BCUT2D eigenvalue weighted by atomic mass is 9.87. The molecule has 1 N–H and O–H groups in total. The first-order chi connectivity index (χ1) is 13.0. The van der Waals surface area contributed by atoms with Gasteiger partial charge in [0, 0.05) is 37.8 Å².